The number of hydrogen-bond acceptors (Lipinski definition) is 4. The zero-order valence-corrected chi connectivity index (χ0v) is 11.9. The van der Waals surface area contributed by atoms with E-state index in [9.17, 15) is 9.59 Å². The number of carbonyl (C=O) groups excluding carboxylic acids is 1. The lowest BCUT2D eigenvalue weighted by Gasteiger charge is -2.07. The maximum absolute atomic E-state index is 11.8. The number of ether oxygens (including phenoxy) is 1. The van der Waals surface area contributed by atoms with E-state index in [2.05, 4.69) is 13.8 Å². The molecule has 0 aliphatic carbocycles. The summed E-state index contributed by atoms with van der Waals surface area (Å²) in [5, 5.41) is 0. The molecule has 0 amide bonds. The highest BCUT2D eigenvalue weighted by atomic mass is 32.1. The topological polar surface area (TPSA) is 48.3 Å². The van der Waals surface area contributed by atoms with E-state index < -0.39 is 0 Å². The van der Waals surface area contributed by atoms with E-state index in [1.54, 1.807) is 0 Å². The van der Waals surface area contributed by atoms with Gasteiger partial charge in [-0.1, -0.05) is 37.3 Å². The van der Waals surface area contributed by atoms with E-state index in [0.29, 0.717) is 12.5 Å². The smallest absolute Gasteiger partial charge is 0.326 e. The summed E-state index contributed by atoms with van der Waals surface area (Å²) in [6.07, 6.45) is 0.838. The molecule has 19 heavy (non-hydrogen) atoms. The van der Waals surface area contributed by atoms with Gasteiger partial charge in [0.15, 0.2) is 0 Å². The van der Waals surface area contributed by atoms with Gasteiger partial charge >= 0.3 is 10.8 Å². The van der Waals surface area contributed by atoms with Gasteiger partial charge in [-0.05, 0) is 24.5 Å². The fourth-order valence-electron chi connectivity index (χ4n) is 1.75. The highest BCUT2D eigenvalue weighted by Gasteiger charge is 2.11. The zero-order valence-electron chi connectivity index (χ0n) is 11.1. The molecule has 1 aromatic carbocycles. The number of nitrogens with zero attached hydrogens (tertiary/aromatic N) is 1. The van der Waals surface area contributed by atoms with Gasteiger partial charge in [0, 0.05) is 0 Å². The van der Waals surface area contributed by atoms with Gasteiger partial charge in [0.2, 0.25) is 0 Å². The maximum Gasteiger partial charge on any atom is 0.326 e. The summed E-state index contributed by atoms with van der Waals surface area (Å²) in [4.78, 5) is 23.4. The van der Waals surface area contributed by atoms with Crippen LogP contribution in [0.1, 0.15) is 20.3 Å². The van der Waals surface area contributed by atoms with Crippen molar-refractivity contribution in [3.05, 3.63) is 33.9 Å². The summed E-state index contributed by atoms with van der Waals surface area (Å²) >= 11 is 1.15. The predicted molar refractivity (Wildman–Crippen MR) is 76.5 cm³/mol. The molecule has 0 unspecified atom stereocenters. The van der Waals surface area contributed by atoms with Crippen molar-refractivity contribution in [3.63, 3.8) is 0 Å². The molecule has 1 aromatic heterocycles. The Kier molecular flexibility index (Phi) is 4.37. The highest BCUT2D eigenvalue weighted by Crippen LogP contribution is 2.16. The number of hydrogen-bond donors (Lipinski definition) is 0. The summed E-state index contributed by atoms with van der Waals surface area (Å²) < 4.78 is 7.50. The second-order valence-corrected chi connectivity index (χ2v) is 5.82. The van der Waals surface area contributed by atoms with E-state index >= 15 is 0 Å². The van der Waals surface area contributed by atoms with Crippen molar-refractivity contribution in [3.8, 4) is 0 Å². The molecule has 0 fully saturated rings. The van der Waals surface area contributed by atoms with E-state index in [1.165, 1.54) is 4.57 Å². The van der Waals surface area contributed by atoms with Crippen LogP contribution in [0, 0.1) is 5.92 Å². The van der Waals surface area contributed by atoms with Crippen molar-refractivity contribution in [2.75, 3.05) is 6.61 Å². The van der Waals surface area contributed by atoms with Crippen LogP contribution in [0.4, 0.5) is 0 Å². The van der Waals surface area contributed by atoms with E-state index in [1.807, 2.05) is 24.3 Å². The van der Waals surface area contributed by atoms with Gasteiger partial charge in [0.25, 0.3) is 0 Å². The van der Waals surface area contributed by atoms with E-state index in [4.69, 9.17) is 4.74 Å². The average molecular weight is 279 g/mol. The molecule has 0 aliphatic heterocycles. The van der Waals surface area contributed by atoms with Gasteiger partial charge in [0.05, 0.1) is 16.8 Å². The number of para-hydroxylation sites is 1. The molecular weight excluding hydrogens is 262 g/mol. The molecule has 0 saturated carbocycles. The Bertz CT molecular complexity index is 627. The number of rotatable bonds is 5. The second-order valence-electron chi connectivity index (χ2n) is 4.82. The molecular formula is C14H17NO3S. The molecule has 5 heteroatoms. The molecule has 1 heterocycles. The number of benzene rings is 1. The van der Waals surface area contributed by atoms with Gasteiger partial charge in [0.1, 0.15) is 6.54 Å². The minimum atomic E-state index is -0.355. The SMILES string of the molecule is CC(C)CCOC(=O)Cn1c(=O)sc2ccccc21. The number of esters is 1. The third-order valence-electron chi connectivity index (χ3n) is 2.82. The average Bonchev–Trinajstić information content (AvgIpc) is 2.66. The zero-order chi connectivity index (χ0) is 13.8. The molecule has 2 aromatic rings. The standard InChI is InChI=1S/C14H17NO3S/c1-10(2)7-8-18-13(16)9-15-11-5-3-4-6-12(11)19-14(15)17/h3-6,10H,7-9H2,1-2H3. The lowest BCUT2D eigenvalue weighted by Crippen LogP contribution is -2.21. The van der Waals surface area contributed by atoms with Crippen LogP contribution in [-0.2, 0) is 16.1 Å². The Morgan fingerprint density at radius 2 is 2.11 bits per heavy atom. The van der Waals surface area contributed by atoms with Crippen LogP contribution in [0.25, 0.3) is 10.2 Å². The highest BCUT2D eigenvalue weighted by molar-refractivity contribution is 7.16. The van der Waals surface area contributed by atoms with Crippen molar-refractivity contribution in [1.29, 1.82) is 0 Å². The molecule has 0 atom stereocenters. The Morgan fingerprint density at radius 1 is 1.37 bits per heavy atom. The van der Waals surface area contributed by atoms with Gasteiger partial charge in [-0.25, -0.2) is 0 Å². The van der Waals surface area contributed by atoms with Crippen molar-refractivity contribution >= 4 is 27.5 Å². The first-order valence-electron chi connectivity index (χ1n) is 6.32. The van der Waals surface area contributed by atoms with Crippen LogP contribution in [0.5, 0.6) is 0 Å². The largest absolute Gasteiger partial charge is 0.464 e. The van der Waals surface area contributed by atoms with E-state index in [0.717, 1.165) is 28.0 Å². The Morgan fingerprint density at radius 3 is 2.84 bits per heavy atom. The van der Waals surface area contributed by atoms with Crippen molar-refractivity contribution in [1.82, 2.24) is 4.57 Å². The number of carbonyl (C=O) groups is 1. The molecule has 0 radical (unpaired) electrons. The fourth-order valence-corrected chi connectivity index (χ4v) is 2.64. The normalized spacial score (nSPS) is 11.1. The van der Waals surface area contributed by atoms with Crippen LogP contribution in [-0.4, -0.2) is 17.1 Å². The molecule has 0 N–H and O–H groups in total. The van der Waals surface area contributed by atoms with Crippen LogP contribution in [0.15, 0.2) is 29.1 Å². The van der Waals surface area contributed by atoms with Crippen molar-refractivity contribution in [2.45, 2.75) is 26.8 Å². The first-order chi connectivity index (χ1) is 9.08. The Hall–Kier alpha value is -1.62. The van der Waals surface area contributed by atoms with Gasteiger partial charge in [-0.15, -0.1) is 0 Å². The Balaban J connectivity index is 2.07. The first kappa shape index (κ1) is 13.8. The molecule has 0 spiro atoms. The van der Waals surface area contributed by atoms with Crippen molar-refractivity contribution < 1.29 is 9.53 Å². The lowest BCUT2D eigenvalue weighted by atomic mass is 10.1. The lowest BCUT2D eigenvalue weighted by molar-refractivity contribution is -0.144. The third kappa shape index (κ3) is 3.44. The van der Waals surface area contributed by atoms with Gasteiger partial charge in [-0.3, -0.25) is 14.2 Å². The predicted octanol–water partition coefficient (Wildman–Crippen LogP) is 2.65. The van der Waals surface area contributed by atoms with Crippen molar-refractivity contribution in [2.24, 2.45) is 5.92 Å². The molecule has 2 rings (SSSR count). The number of fused-ring (bicyclic) bond motifs is 1. The second kappa shape index (κ2) is 6.02. The monoisotopic (exact) mass is 279 g/mol. The molecule has 0 bridgehead atoms. The quantitative estimate of drug-likeness (QED) is 0.791. The summed E-state index contributed by atoms with van der Waals surface area (Å²) in [6, 6.07) is 7.45. The maximum atomic E-state index is 11.8. The molecule has 102 valence electrons. The molecule has 0 aliphatic rings. The summed E-state index contributed by atoms with van der Waals surface area (Å²) in [7, 11) is 0. The van der Waals surface area contributed by atoms with Crippen LogP contribution < -0.4 is 4.87 Å². The first-order valence-corrected chi connectivity index (χ1v) is 7.13. The minimum Gasteiger partial charge on any atom is -0.464 e. The molecule has 0 saturated heterocycles. The Labute approximate surface area is 115 Å². The summed E-state index contributed by atoms with van der Waals surface area (Å²) in [6.45, 7) is 4.55. The third-order valence-corrected chi connectivity index (χ3v) is 3.78. The minimum absolute atomic E-state index is 0.0130. The van der Waals surface area contributed by atoms with Gasteiger partial charge in [-0.2, -0.15) is 0 Å². The van der Waals surface area contributed by atoms with Gasteiger partial charge < -0.3 is 4.74 Å². The molecule has 4 nitrogen and oxygen atoms in total. The summed E-state index contributed by atoms with van der Waals surface area (Å²) in [5.41, 5.74) is 0.790. The van der Waals surface area contributed by atoms with Crippen LogP contribution in [0.3, 0.4) is 0 Å². The number of aromatic nitrogens is 1. The summed E-state index contributed by atoms with van der Waals surface area (Å²) in [5.74, 6) is 0.142. The number of thiazole rings is 1. The fraction of sp³-hybridized carbons (Fsp3) is 0.429. The van der Waals surface area contributed by atoms with Crippen LogP contribution >= 0.6 is 11.3 Å². The van der Waals surface area contributed by atoms with E-state index in [-0.39, 0.29) is 17.4 Å². The van der Waals surface area contributed by atoms with Crippen LogP contribution in [0.2, 0.25) is 0 Å².